The maximum absolute atomic E-state index is 13.1. The molecule has 0 amide bonds. The lowest BCUT2D eigenvalue weighted by Crippen LogP contribution is -2.38. The van der Waals surface area contributed by atoms with E-state index in [0.29, 0.717) is 24.9 Å². The molecule has 5 nitrogen and oxygen atoms in total. The molecule has 1 aromatic heterocycles. The predicted octanol–water partition coefficient (Wildman–Crippen LogP) is 2.45. The molecule has 0 aliphatic rings. The quantitative estimate of drug-likeness (QED) is 0.631. The van der Waals surface area contributed by atoms with Crippen molar-refractivity contribution in [1.29, 1.82) is 0 Å². The molecule has 0 radical (unpaired) electrons. The normalized spacial score (nSPS) is 11.2. The summed E-state index contributed by atoms with van der Waals surface area (Å²) in [6.45, 7) is 3.17. The number of ether oxygens (including phenoxy) is 1. The minimum Gasteiger partial charge on any atom is -0.481 e. The molecule has 0 saturated heterocycles. The van der Waals surface area contributed by atoms with E-state index in [2.05, 4.69) is 20.6 Å². The molecule has 1 heterocycles. The Morgan fingerprint density at radius 1 is 1.25 bits per heavy atom. The van der Waals surface area contributed by atoms with E-state index < -0.39 is 0 Å². The number of halogens is 1. The lowest BCUT2D eigenvalue weighted by atomic mass is 10.1. The third kappa shape index (κ3) is 5.22. The van der Waals surface area contributed by atoms with Crippen LogP contribution in [0.3, 0.4) is 0 Å². The van der Waals surface area contributed by atoms with E-state index in [1.54, 1.807) is 20.2 Å². The highest BCUT2D eigenvalue weighted by Gasteiger charge is 2.03. The summed E-state index contributed by atoms with van der Waals surface area (Å²) in [7, 11) is 3.31. The van der Waals surface area contributed by atoms with Gasteiger partial charge in [-0.3, -0.25) is 4.99 Å². The van der Waals surface area contributed by atoms with E-state index in [1.165, 1.54) is 6.07 Å². The largest absolute Gasteiger partial charge is 0.481 e. The third-order valence-corrected chi connectivity index (χ3v) is 3.64. The van der Waals surface area contributed by atoms with Gasteiger partial charge in [-0.2, -0.15) is 0 Å². The molecule has 24 heavy (non-hydrogen) atoms. The Labute approximate surface area is 142 Å². The third-order valence-electron chi connectivity index (χ3n) is 3.64. The lowest BCUT2D eigenvalue weighted by molar-refractivity contribution is 0.396. The van der Waals surface area contributed by atoms with Gasteiger partial charge in [-0.15, -0.1) is 0 Å². The van der Waals surface area contributed by atoms with E-state index >= 15 is 0 Å². The van der Waals surface area contributed by atoms with Gasteiger partial charge in [-0.1, -0.05) is 12.1 Å². The zero-order chi connectivity index (χ0) is 17.4. The second-order valence-corrected chi connectivity index (χ2v) is 5.34. The first-order valence-corrected chi connectivity index (χ1v) is 7.82. The minimum atomic E-state index is -0.201. The molecule has 0 aliphatic carbocycles. The summed E-state index contributed by atoms with van der Waals surface area (Å²) in [5, 5.41) is 6.45. The van der Waals surface area contributed by atoms with Crippen molar-refractivity contribution in [3.63, 3.8) is 0 Å². The number of rotatable bonds is 6. The predicted molar refractivity (Wildman–Crippen MR) is 93.8 cm³/mol. The van der Waals surface area contributed by atoms with Crippen LogP contribution in [0.25, 0.3) is 0 Å². The fourth-order valence-electron chi connectivity index (χ4n) is 2.32. The Balaban J connectivity index is 1.82. The van der Waals surface area contributed by atoms with Crippen molar-refractivity contribution in [3.05, 3.63) is 59.0 Å². The zero-order valence-electron chi connectivity index (χ0n) is 14.3. The molecule has 6 heteroatoms. The molecule has 0 spiro atoms. The Morgan fingerprint density at radius 2 is 2.08 bits per heavy atom. The van der Waals surface area contributed by atoms with Gasteiger partial charge in [0.2, 0.25) is 5.88 Å². The Morgan fingerprint density at radius 3 is 2.79 bits per heavy atom. The monoisotopic (exact) mass is 330 g/mol. The molecule has 0 atom stereocenters. The zero-order valence-corrected chi connectivity index (χ0v) is 14.3. The first kappa shape index (κ1) is 17.7. The summed E-state index contributed by atoms with van der Waals surface area (Å²) in [6.07, 6.45) is 0.796. The minimum absolute atomic E-state index is 0.201. The highest BCUT2D eigenvalue weighted by atomic mass is 19.1. The van der Waals surface area contributed by atoms with Crippen LogP contribution < -0.4 is 15.4 Å². The molecule has 1 aromatic carbocycles. The maximum atomic E-state index is 13.1. The van der Waals surface area contributed by atoms with E-state index in [1.807, 2.05) is 31.2 Å². The number of hydrogen-bond acceptors (Lipinski definition) is 3. The topological polar surface area (TPSA) is 58.5 Å². The summed E-state index contributed by atoms with van der Waals surface area (Å²) in [4.78, 5) is 8.53. The van der Waals surface area contributed by atoms with E-state index in [0.717, 1.165) is 23.2 Å². The average Bonchev–Trinajstić information content (AvgIpc) is 2.59. The lowest BCUT2D eigenvalue weighted by Gasteiger charge is -2.12. The molecule has 2 aromatic rings. The number of methoxy groups -OCH3 is 1. The fourth-order valence-corrected chi connectivity index (χ4v) is 2.32. The molecule has 0 fully saturated rings. The number of guanidine groups is 1. The van der Waals surface area contributed by atoms with Crippen LogP contribution >= 0.6 is 0 Å². The second kappa shape index (κ2) is 8.86. The first-order valence-electron chi connectivity index (χ1n) is 7.82. The van der Waals surface area contributed by atoms with Crippen LogP contribution in [0, 0.1) is 12.7 Å². The van der Waals surface area contributed by atoms with Crippen LogP contribution in [-0.2, 0) is 13.0 Å². The van der Waals surface area contributed by atoms with Crippen LogP contribution in [0.4, 0.5) is 4.39 Å². The molecule has 0 saturated carbocycles. The SMILES string of the molecule is CN=C(NCCc1ccc(F)cc1C)NCc1cccc(OC)n1. The van der Waals surface area contributed by atoms with Crippen LogP contribution in [0.1, 0.15) is 16.8 Å². The van der Waals surface area contributed by atoms with Gasteiger partial charge in [0.25, 0.3) is 0 Å². The average molecular weight is 330 g/mol. The van der Waals surface area contributed by atoms with Gasteiger partial charge in [-0.25, -0.2) is 9.37 Å². The van der Waals surface area contributed by atoms with Gasteiger partial charge in [0.1, 0.15) is 5.82 Å². The Bertz CT molecular complexity index is 703. The van der Waals surface area contributed by atoms with Gasteiger partial charge in [0.15, 0.2) is 5.96 Å². The van der Waals surface area contributed by atoms with Crippen molar-refractivity contribution in [1.82, 2.24) is 15.6 Å². The van der Waals surface area contributed by atoms with Crippen molar-refractivity contribution in [2.75, 3.05) is 20.7 Å². The number of aryl methyl sites for hydroxylation is 1. The molecule has 2 rings (SSSR count). The van der Waals surface area contributed by atoms with Crippen LogP contribution in [0.2, 0.25) is 0 Å². The Hall–Kier alpha value is -2.63. The highest BCUT2D eigenvalue weighted by molar-refractivity contribution is 5.79. The van der Waals surface area contributed by atoms with E-state index in [9.17, 15) is 4.39 Å². The number of pyridine rings is 1. The number of nitrogens with zero attached hydrogens (tertiary/aromatic N) is 2. The number of hydrogen-bond donors (Lipinski definition) is 2. The smallest absolute Gasteiger partial charge is 0.213 e. The highest BCUT2D eigenvalue weighted by Crippen LogP contribution is 2.10. The van der Waals surface area contributed by atoms with Crippen LogP contribution in [-0.4, -0.2) is 31.6 Å². The summed E-state index contributed by atoms with van der Waals surface area (Å²) in [5.41, 5.74) is 2.95. The van der Waals surface area contributed by atoms with Crippen molar-refractivity contribution >= 4 is 5.96 Å². The van der Waals surface area contributed by atoms with Gasteiger partial charge >= 0.3 is 0 Å². The molecule has 128 valence electrons. The summed E-state index contributed by atoms with van der Waals surface area (Å²) in [6, 6.07) is 10.5. The number of nitrogens with one attached hydrogen (secondary N) is 2. The number of benzene rings is 1. The fraction of sp³-hybridized carbons (Fsp3) is 0.333. The first-order chi connectivity index (χ1) is 11.6. The van der Waals surface area contributed by atoms with Crippen molar-refractivity contribution < 1.29 is 9.13 Å². The second-order valence-electron chi connectivity index (χ2n) is 5.34. The van der Waals surface area contributed by atoms with Gasteiger partial charge in [0.05, 0.1) is 19.3 Å². The molecular formula is C18H23FN4O. The maximum Gasteiger partial charge on any atom is 0.213 e. The Kier molecular flexibility index (Phi) is 6.54. The van der Waals surface area contributed by atoms with Gasteiger partial charge in [0, 0.05) is 19.7 Å². The van der Waals surface area contributed by atoms with Crippen LogP contribution in [0.15, 0.2) is 41.4 Å². The van der Waals surface area contributed by atoms with Crippen molar-refractivity contribution in [3.8, 4) is 5.88 Å². The van der Waals surface area contributed by atoms with E-state index in [-0.39, 0.29) is 5.82 Å². The van der Waals surface area contributed by atoms with Crippen molar-refractivity contribution in [2.45, 2.75) is 19.9 Å². The summed E-state index contributed by atoms with van der Waals surface area (Å²) >= 11 is 0. The molecule has 2 N–H and O–H groups in total. The molecule has 0 unspecified atom stereocenters. The standard InChI is InChI=1S/C18H23FN4O/c1-13-11-15(19)8-7-14(13)9-10-21-18(20-2)22-12-16-5-4-6-17(23-16)24-3/h4-8,11H,9-10,12H2,1-3H3,(H2,20,21,22). The molecular weight excluding hydrogens is 307 g/mol. The molecule has 0 aliphatic heterocycles. The van der Waals surface area contributed by atoms with Crippen LogP contribution in [0.5, 0.6) is 5.88 Å². The van der Waals surface area contributed by atoms with Gasteiger partial charge < -0.3 is 15.4 Å². The van der Waals surface area contributed by atoms with E-state index in [4.69, 9.17) is 4.74 Å². The van der Waals surface area contributed by atoms with Gasteiger partial charge in [-0.05, 0) is 42.7 Å². The molecule has 0 bridgehead atoms. The number of aliphatic imine (C=N–C) groups is 1. The summed E-state index contributed by atoms with van der Waals surface area (Å²) in [5.74, 6) is 1.08. The number of aromatic nitrogens is 1. The van der Waals surface area contributed by atoms with Crippen molar-refractivity contribution in [2.24, 2.45) is 4.99 Å². The summed E-state index contributed by atoms with van der Waals surface area (Å²) < 4.78 is 18.2.